The maximum Gasteiger partial charge on any atom is 0.126 e. The molecule has 2 rings (SSSR count). The first kappa shape index (κ1) is 9.93. The summed E-state index contributed by atoms with van der Waals surface area (Å²) in [5.41, 5.74) is 0.678. The third-order valence-corrected chi connectivity index (χ3v) is 3.49. The third kappa shape index (κ3) is 2.07. The predicted octanol–water partition coefficient (Wildman–Crippen LogP) is 2.69. The highest BCUT2D eigenvalue weighted by molar-refractivity contribution is 8.00. The molecule has 0 aromatic heterocycles. The van der Waals surface area contributed by atoms with Crippen molar-refractivity contribution in [3.8, 4) is 0 Å². The van der Waals surface area contributed by atoms with Crippen LogP contribution in [0.3, 0.4) is 0 Å². The summed E-state index contributed by atoms with van der Waals surface area (Å²) in [6.45, 7) is 2.97. The molecule has 0 spiro atoms. The molecule has 1 aliphatic rings. The smallest absolute Gasteiger partial charge is 0.126 e. The second kappa shape index (κ2) is 3.87. The SMILES string of the molecule is CC1CNC(c2cc(F)cc(F)c2)S1. The monoisotopic (exact) mass is 215 g/mol. The summed E-state index contributed by atoms with van der Waals surface area (Å²) >= 11 is 1.69. The van der Waals surface area contributed by atoms with Crippen LogP contribution in [0.1, 0.15) is 17.9 Å². The summed E-state index contributed by atoms with van der Waals surface area (Å²) in [6, 6.07) is 3.66. The summed E-state index contributed by atoms with van der Waals surface area (Å²) in [5.74, 6) is -1.02. The highest BCUT2D eigenvalue weighted by Gasteiger charge is 2.23. The van der Waals surface area contributed by atoms with E-state index in [2.05, 4.69) is 12.2 Å². The van der Waals surface area contributed by atoms with Gasteiger partial charge < -0.3 is 5.32 Å². The van der Waals surface area contributed by atoms with E-state index in [1.165, 1.54) is 12.1 Å². The van der Waals surface area contributed by atoms with Crippen molar-refractivity contribution >= 4 is 11.8 Å². The first-order valence-corrected chi connectivity index (χ1v) is 5.44. The minimum atomic E-state index is -0.512. The van der Waals surface area contributed by atoms with E-state index < -0.39 is 11.6 Å². The summed E-state index contributed by atoms with van der Waals surface area (Å²) in [5, 5.41) is 3.72. The van der Waals surface area contributed by atoms with Gasteiger partial charge in [0, 0.05) is 17.9 Å². The average molecular weight is 215 g/mol. The standard InChI is InChI=1S/C10H11F2NS/c1-6-5-13-10(14-6)7-2-8(11)4-9(12)3-7/h2-4,6,10,13H,5H2,1H3. The van der Waals surface area contributed by atoms with E-state index in [0.717, 1.165) is 12.6 Å². The summed E-state index contributed by atoms with van der Waals surface area (Å²) < 4.78 is 25.8. The first-order valence-electron chi connectivity index (χ1n) is 4.50. The van der Waals surface area contributed by atoms with Gasteiger partial charge in [-0.1, -0.05) is 6.92 Å². The summed E-state index contributed by atoms with van der Waals surface area (Å²) in [6.07, 6.45) is 0. The van der Waals surface area contributed by atoms with Crippen LogP contribution >= 0.6 is 11.8 Å². The molecule has 1 N–H and O–H groups in total. The lowest BCUT2D eigenvalue weighted by atomic mass is 10.2. The van der Waals surface area contributed by atoms with Crippen LogP contribution in [0.15, 0.2) is 18.2 Å². The van der Waals surface area contributed by atoms with Crippen LogP contribution < -0.4 is 5.32 Å². The normalized spacial score (nSPS) is 26.8. The Bertz CT molecular complexity index is 323. The van der Waals surface area contributed by atoms with Gasteiger partial charge in [0.2, 0.25) is 0 Å². The van der Waals surface area contributed by atoms with E-state index in [1.807, 2.05) is 0 Å². The number of thioether (sulfide) groups is 1. The molecule has 76 valence electrons. The van der Waals surface area contributed by atoms with Crippen LogP contribution in [-0.2, 0) is 0 Å². The predicted molar refractivity (Wildman–Crippen MR) is 54.2 cm³/mol. The molecule has 1 aromatic rings. The molecule has 0 saturated carbocycles. The fourth-order valence-electron chi connectivity index (χ4n) is 1.52. The molecule has 1 fully saturated rings. The van der Waals surface area contributed by atoms with Crippen LogP contribution in [0.4, 0.5) is 8.78 Å². The molecule has 2 unspecified atom stereocenters. The molecule has 1 aliphatic heterocycles. The Kier molecular flexibility index (Phi) is 2.74. The lowest BCUT2D eigenvalue weighted by Gasteiger charge is -2.10. The minimum absolute atomic E-state index is 0.0233. The molecule has 1 saturated heterocycles. The van der Waals surface area contributed by atoms with E-state index in [4.69, 9.17) is 0 Å². The maximum atomic E-state index is 12.9. The molecule has 0 aliphatic carbocycles. The topological polar surface area (TPSA) is 12.0 Å². The summed E-state index contributed by atoms with van der Waals surface area (Å²) in [4.78, 5) is 0. The Morgan fingerprint density at radius 3 is 2.43 bits per heavy atom. The van der Waals surface area contributed by atoms with E-state index in [1.54, 1.807) is 11.8 Å². The van der Waals surface area contributed by atoms with Gasteiger partial charge in [0.15, 0.2) is 0 Å². The second-order valence-corrected chi connectivity index (χ2v) is 4.99. The fraction of sp³-hybridized carbons (Fsp3) is 0.400. The van der Waals surface area contributed by atoms with Crippen molar-refractivity contribution in [2.45, 2.75) is 17.5 Å². The van der Waals surface area contributed by atoms with Crippen molar-refractivity contribution in [2.75, 3.05) is 6.54 Å². The molecule has 4 heteroatoms. The number of rotatable bonds is 1. The zero-order valence-corrected chi connectivity index (χ0v) is 8.57. The Morgan fingerprint density at radius 2 is 1.93 bits per heavy atom. The Balaban J connectivity index is 2.23. The minimum Gasteiger partial charge on any atom is -0.301 e. The van der Waals surface area contributed by atoms with Crippen LogP contribution in [0.2, 0.25) is 0 Å². The van der Waals surface area contributed by atoms with Gasteiger partial charge in [0.1, 0.15) is 11.6 Å². The van der Waals surface area contributed by atoms with Gasteiger partial charge in [-0.3, -0.25) is 0 Å². The van der Waals surface area contributed by atoms with E-state index in [-0.39, 0.29) is 5.37 Å². The van der Waals surface area contributed by atoms with Crippen molar-refractivity contribution in [2.24, 2.45) is 0 Å². The van der Waals surface area contributed by atoms with Crippen molar-refractivity contribution in [1.29, 1.82) is 0 Å². The van der Waals surface area contributed by atoms with E-state index in [0.29, 0.717) is 10.8 Å². The van der Waals surface area contributed by atoms with E-state index >= 15 is 0 Å². The van der Waals surface area contributed by atoms with Crippen molar-refractivity contribution in [3.05, 3.63) is 35.4 Å². The van der Waals surface area contributed by atoms with Crippen molar-refractivity contribution in [1.82, 2.24) is 5.32 Å². The highest BCUT2D eigenvalue weighted by atomic mass is 32.2. The first-order chi connectivity index (χ1) is 6.65. The number of halogens is 2. The highest BCUT2D eigenvalue weighted by Crippen LogP contribution is 2.34. The molecule has 1 nitrogen and oxygen atoms in total. The quantitative estimate of drug-likeness (QED) is 0.773. The van der Waals surface area contributed by atoms with Crippen LogP contribution in [-0.4, -0.2) is 11.8 Å². The van der Waals surface area contributed by atoms with Gasteiger partial charge >= 0.3 is 0 Å². The van der Waals surface area contributed by atoms with Gasteiger partial charge in [-0.05, 0) is 17.7 Å². The van der Waals surface area contributed by atoms with Crippen LogP contribution in [0.5, 0.6) is 0 Å². The molecule has 2 atom stereocenters. The molecule has 0 amide bonds. The molecule has 0 bridgehead atoms. The zero-order valence-electron chi connectivity index (χ0n) is 7.76. The van der Waals surface area contributed by atoms with Crippen LogP contribution in [0, 0.1) is 11.6 Å². The molecule has 0 radical (unpaired) electrons. The molecule has 1 aromatic carbocycles. The lowest BCUT2D eigenvalue weighted by molar-refractivity contribution is 0.576. The van der Waals surface area contributed by atoms with Crippen molar-refractivity contribution in [3.63, 3.8) is 0 Å². The fourth-order valence-corrected chi connectivity index (χ4v) is 2.67. The van der Waals surface area contributed by atoms with Gasteiger partial charge in [0.05, 0.1) is 5.37 Å². The molecular weight excluding hydrogens is 204 g/mol. The van der Waals surface area contributed by atoms with E-state index in [9.17, 15) is 8.78 Å². The zero-order chi connectivity index (χ0) is 10.1. The lowest BCUT2D eigenvalue weighted by Crippen LogP contribution is -2.14. The Hall–Kier alpha value is -0.610. The number of nitrogens with one attached hydrogen (secondary N) is 1. The van der Waals surface area contributed by atoms with Gasteiger partial charge in [-0.15, -0.1) is 11.8 Å². The molecule has 14 heavy (non-hydrogen) atoms. The molecular formula is C10H11F2NS. The second-order valence-electron chi connectivity index (χ2n) is 3.44. The maximum absolute atomic E-state index is 12.9. The number of benzene rings is 1. The number of hydrogen-bond acceptors (Lipinski definition) is 2. The Morgan fingerprint density at radius 1 is 1.29 bits per heavy atom. The number of hydrogen-bond donors (Lipinski definition) is 1. The average Bonchev–Trinajstić information content (AvgIpc) is 2.50. The van der Waals surface area contributed by atoms with Gasteiger partial charge in [-0.2, -0.15) is 0 Å². The summed E-state index contributed by atoms with van der Waals surface area (Å²) in [7, 11) is 0. The van der Waals surface area contributed by atoms with Gasteiger partial charge in [0.25, 0.3) is 0 Å². The van der Waals surface area contributed by atoms with Crippen LogP contribution in [0.25, 0.3) is 0 Å². The van der Waals surface area contributed by atoms with Gasteiger partial charge in [-0.25, -0.2) is 8.78 Å². The largest absolute Gasteiger partial charge is 0.301 e. The Labute approximate surface area is 85.9 Å². The third-order valence-electron chi connectivity index (χ3n) is 2.15. The molecule has 1 heterocycles. The van der Waals surface area contributed by atoms with Crippen molar-refractivity contribution < 1.29 is 8.78 Å².